The third-order valence-corrected chi connectivity index (χ3v) is 3.09. The Labute approximate surface area is 103 Å². The zero-order valence-electron chi connectivity index (χ0n) is 9.66. The first kappa shape index (κ1) is 11.0. The molecular formula is C13H12FN3O. The lowest BCUT2D eigenvalue weighted by molar-refractivity contribution is 0.102. The van der Waals surface area contributed by atoms with Gasteiger partial charge < -0.3 is 10.3 Å². The number of fused-ring (bicyclic) bond motifs is 1. The molecule has 92 valence electrons. The minimum atomic E-state index is -0.563. The maximum atomic E-state index is 12.6. The summed E-state index contributed by atoms with van der Waals surface area (Å²) in [5.41, 5.74) is 3.40. The van der Waals surface area contributed by atoms with E-state index in [1.165, 1.54) is 23.9 Å². The lowest BCUT2D eigenvalue weighted by Crippen LogP contribution is -2.12. The highest BCUT2D eigenvalue weighted by molar-refractivity contribution is 6.03. The van der Waals surface area contributed by atoms with Crippen molar-refractivity contribution >= 4 is 11.6 Å². The molecule has 0 aliphatic heterocycles. The number of halogens is 1. The molecule has 3 rings (SSSR count). The summed E-state index contributed by atoms with van der Waals surface area (Å²) in [6.07, 6.45) is 4.47. The van der Waals surface area contributed by atoms with E-state index in [2.05, 4.69) is 15.3 Å². The van der Waals surface area contributed by atoms with Gasteiger partial charge in [-0.1, -0.05) is 0 Å². The van der Waals surface area contributed by atoms with Crippen LogP contribution in [0.5, 0.6) is 0 Å². The average molecular weight is 245 g/mol. The number of hydrogen-bond donors (Lipinski definition) is 2. The molecule has 2 aromatic heterocycles. The minimum Gasteiger partial charge on any atom is -0.354 e. The van der Waals surface area contributed by atoms with Crippen molar-refractivity contribution in [2.45, 2.75) is 19.3 Å². The quantitative estimate of drug-likeness (QED) is 0.797. The first-order chi connectivity index (χ1) is 8.72. The molecule has 2 heterocycles. The molecule has 2 aromatic rings. The van der Waals surface area contributed by atoms with Crippen LogP contribution in [0.25, 0.3) is 0 Å². The summed E-state index contributed by atoms with van der Waals surface area (Å²) >= 11 is 0. The highest BCUT2D eigenvalue weighted by Crippen LogP contribution is 2.22. The monoisotopic (exact) mass is 245 g/mol. The van der Waals surface area contributed by atoms with Crippen LogP contribution in [-0.2, 0) is 12.8 Å². The van der Waals surface area contributed by atoms with E-state index in [0.29, 0.717) is 11.4 Å². The number of amides is 1. The van der Waals surface area contributed by atoms with E-state index in [9.17, 15) is 9.18 Å². The van der Waals surface area contributed by atoms with Crippen molar-refractivity contribution in [3.05, 3.63) is 47.3 Å². The molecule has 18 heavy (non-hydrogen) atoms. The molecular weight excluding hydrogens is 233 g/mol. The number of carbonyl (C=O) groups excluding carboxylic acids is 1. The Kier molecular flexibility index (Phi) is 2.59. The van der Waals surface area contributed by atoms with E-state index in [0.717, 1.165) is 25.0 Å². The van der Waals surface area contributed by atoms with Gasteiger partial charge in [0.1, 0.15) is 5.69 Å². The largest absolute Gasteiger partial charge is 0.354 e. The van der Waals surface area contributed by atoms with Crippen LogP contribution >= 0.6 is 0 Å². The number of pyridine rings is 1. The number of rotatable bonds is 2. The SMILES string of the molecule is O=C(Nc1ccc(F)nc1)c1cc2c([nH]1)CCC2. The van der Waals surface area contributed by atoms with Crippen molar-refractivity contribution in [2.75, 3.05) is 5.32 Å². The van der Waals surface area contributed by atoms with Gasteiger partial charge in [-0.05, 0) is 43.0 Å². The Hall–Kier alpha value is -2.17. The molecule has 0 atom stereocenters. The van der Waals surface area contributed by atoms with Crippen molar-refractivity contribution in [1.29, 1.82) is 0 Å². The van der Waals surface area contributed by atoms with Crippen molar-refractivity contribution in [2.24, 2.45) is 0 Å². The lowest BCUT2D eigenvalue weighted by Gasteiger charge is -2.02. The topological polar surface area (TPSA) is 57.8 Å². The first-order valence-electron chi connectivity index (χ1n) is 5.86. The Morgan fingerprint density at radius 1 is 1.39 bits per heavy atom. The second-order valence-electron chi connectivity index (χ2n) is 4.36. The summed E-state index contributed by atoms with van der Waals surface area (Å²) in [7, 11) is 0. The number of carbonyl (C=O) groups is 1. The molecule has 0 fully saturated rings. The van der Waals surface area contributed by atoms with Gasteiger partial charge in [0.15, 0.2) is 0 Å². The van der Waals surface area contributed by atoms with Gasteiger partial charge in [-0.15, -0.1) is 0 Å². The predicted octanol–water partition coefficient (Wildman–Crippen LogP) is 2.29. The molecule has 1 amide bonds. The Morgan fingerprint density at radius 2 is 2.28 bits per heavy atom. The van der Waals surface area contributed by atoms with E-state index >= 15 is 0 Å². The number of nitrogens with zero attached hydrogens (tertiary/aromatic N) is 1. The number of nitrogens with one attached hydrogen (secondary N) is 2. The zero-order valence-corrected chi connectivity index (χ0v) is 9.66. The predicted molar refractivity (Wildman–Crippen MR) is 65.0 cm³/mol. The maximum Gasteiger partial charge on any atom is 0.272 e. The fraction of sp³-hybridized carbons (Fsp3) is 0.231. The van der Waals surface area contributed by atoms with E-state index in [1.807, 2.05) is 6.07 Å². The minimum absolute atomic E-state index is 0.224. The number of hydrogen-bond acceptors (Lipinski definition) is 2. The van der Waals surface area contributed by atoms with Crippen LogP contribution in [0.15, 0.2) is 24.4 Å². The summed E-state index contributed by atoms with van der Waals surface area (Å²) < 4.78 is 12.6. The fourth-order valence-corrected chi connectivity index (χ4v) is 2.21. The molecule has 0 unspecified atom stereocenters. The molecule has 0 aromatic carbocycles. The van der Waals surface area contributed by atoms with Gasteiger partial charge in [-0.25, -0.2) is 4.98 Å². The summed E-state index contributed by atoms with van der Waals surface area (Å²) in [6, 6.07) is 4.58. The third-order valence-electron chi connectivity index (χ3n) is 3.09. The number of aryl methyl sites for hydroxylation is 2. The van der Waals surface area contributed by atoms with Crippen LogP contribution in [0.1, 0.15) is 28.2 Å². The van der Waals surface area contributed by atoms with Crippen molar-refractivity contribution in [3.8, 4) is 0 Å². The molecule has 4 nitrogen and oxygen atoms in total. The van der Waals surface area contributed by atoms with E-state index in [4.69, 9.17) is 0 Å². The fourth-order valence-electron chi connectivity index (χ4n) is 2.21. The molecule has 0 spiro atoms. The van der Waals surface area contributed by atoms with E-state index < -0.39 is 5.95 Å². The van der Waals surface area contributed by atoms with Gasteiger partial charge in [-0.3, -0.25) is 4.79 Å². The highest BCUT2D eigenvalue weighted by Gasteiger charge is 2.17. The lowest BCUT2D eigenvalue weighted by atomic mass is 10.2. The summed E-state index contributed by atoms with van der Waals surface area (Å²) in [5.74, 6) is -0.787. The van der Waals surface area contributed by atoms with Crippen molar-refractivity contribution < 1.29 is 9.18 Å². The number of aromatic amines is 1. The Balaban J connectivity index is 1.76. The highest BCUT2D eigenvalue weighted by atomic mass is 19.1. The third kappa shape index (κ3) is 1.99. The Morgan fingerprint density at radius 3 is 3.00 bits per heavy atom. The van der Waals surface area contributed by atoms with Gasteiger partial charge in [0.05, 0.1) is 11.9 Å². The summed E-state index contributed by atoms with van der Waals surface area (Å²) in [6.45, 7) is 0. The first-order valence-corrected chi connectivity index (χ1v) is 5.86. The Bertz CT molecular complexity index is 567. The molecule has 1 aliphatic rings. The van der Waals surface area contributed by atoms with Gasteiger partial charge in [-0.2, -0.15) is 4.39 Å². The normalized spacial score (nSPS) is 13.4. The smallest absolute Gasteiger partial charge is 0.272 e. The maximum absolute atomic E-state index is 12.6. The summed E-state index contributed by atoms with van der Waals surface area (Å²) in [4.78, 5) is 18.5. The molecule has 0 saturated heterocycles. The van der Waals surface area contributed by atoms with E-state index in [1.54, 1.807) is 0 Å². The summed E-state index contributed by atoms with van der Waals surface area (Å²) in [5, 5.41) is 2.67. The molecule has 0 bridgehead atoms. The van der Waals surface area contributed by atoms with Gasteiger partial charge in [0, 0.05) is 5.69 Å². The van der Waals surface area contributed by atoms with Gasteiger partial charge >= 0.3 is 0 Å². The van der Waals surface area contributed by atoms with E-state index in [-0.39, 0.29) is 5.91 Å². The second-order valence-corrected chi connectivity index (χ2v) is 4.36. The van der Waals surface area contributed by atoms with Crippen LogP contribution in [0.4, 0.5) is 10.1 Å². The second kappa shape index (κ2) is 4.25. The zero-order chi connectivity index (χ0) is 12.5. The van der Waals surface area contributed by atoms with Crippen LogP contribution in [0, 0.1) is 5.95 Å². The molecule has 0 saturated carbocycles. The number of aromatic nitrogens is 2. The van der Waals surface area contributed by atoms with Crippen molar-refractivity contribution in [1.82, 2.24) is 9.97 Å². The van der Waals surface area contributed by atoms with Crippen LogP contribution < -0.4 is 5.32 Å². The van der Waals surface area contributed by atoms with Crippen molar-refractivity contribution in [3.63, 3.8) is 0 Å². The standard InChI is InChI=1S/C13H12FN3O/c14-12-5-4-9(7-15-12)16-13(18)11-6-8-2-1-3-10(8)17-11/h4-7,17H,1-3H2,(H,16,18). The van der Waals surface area contributed by atoms with Gasteiger partial charge in [0.2, 0.25) is 5.95 Å². The average Bonchev–Trinajstić information content (AvgIpc) is 2.92. The van der Waals surface area contributed by atoms with Crippen LogP contribution in [0.2, 0.25) is 0 Å². The van der Waals surface area contributed by atoms with Crippen LogP contribution in [-0.4, -0.2) is 15.9 Å². The molecule has 0 radical (unpaired) electrons. The van der Waals surface area contributed by atoms with Crippen LogP contribution in [0.3, 0.4) is 0 Å². The van der Waals surface area contributed by atoms with Gasteiger partial charge in [0.25, 0.3) is 5.91 Å². The number of anilines is 1. The number of H-pyrrole nitrogens is 1. The molecule has 5 heteroatoms. The molecule has 1 aliphatic carbocycles. The molecule has 2 N–H and O–H groups in total.